The van der Waals surface area contributed by atoms with Crippen LogP contribution in [0.3, 0.4) is 0 Å². The van der Waals surface area contributed by atoms with Crippen molar-refractivity contribution in [3.8, 4) is 0 Å². The molecule has 0 spiro atoms. The van der Waals surface area contributed by atoms with E-state index < -0.39 is 0 Å². The molecule has 0 radical (unpaired) electrons. The van der Waals surface area contributed by atoms with E-state index in [2.05, 4.69) is 39.8 Å². The maximum absolute atomic E-state index is 11.1. The molecule has 0 bridgehead atoms. The van der Waals surface area contributed by atoms with Crippen LogP contribution in [0.1, 0.15) is 24.8 Å². The van der Waals surface area contributed by atoms with E-state index in [4.69, 9.17) is 0 Å². The van der Waals surface area contributed by atoms with Gasteiger partial charge in [0.25, 0.3) is 0 Å². The Kier molecular flexibility index (Phi) is 5.21. The number of carbonyl (C=O) groups is 1. The van der Waals surface area contributed by atoms with E-state index in [1.165, 1.54) is 43.6 Å². The third-order valence-electron chi connectivity index (χ3n) is 3.55. The number of carbonyl (C=O) groups excluding carboxylic acids is 1. The zero-order valence-electron chi connectivity index (χ0n) is 11.6. The lowest BCUT2D eigenvalue weighted by Crippen LogP contribution is -2.31. The number of benzene rings is 1. The molecule has 1 aliphatic rings. The monoisotopic (exact) mass is 261 g/mol. The average molecular weight is 261 g/mol. The van der Waals surface area contributed by atoms with Crippen LogP contribution in [0.5, 0.6) is 0 Å². The van der Waals surface area contributed by atoms with Crippen molar-refractivity contribution < 1.29 is 4.79 Å². The maximum Gasteiger partial charge on any atom is 0.233 e. The first kappa shape index (κ1) is 13.9. The van der Waals surface area contributed by atoms with Gasteiger partial charge in [0.2, 0.25) is 5.91 Å². The largest absolute Gasteiger partial charge is 0.372 e. The highest BCUT2D eigenvalue weighted by atomic mass is 16.1. The van der Waals surface area contributed by atoms with Gasteiger partial charge in [0.05, 0.1) is 6.54 Å². The summed E-state index contributed by atoms with van der Waals surface area (Å²) in [5, 5.41) is 5.72. The second-order valence-corrected chi connectivity index (χ2v) is 4.99. The molecular weight excluding hydrogens is 238 g/mol. The summed E-state index contributed by atoms with van der Waals surface area (Å²) in [7, 11) is 1.65. The topological polar surface area (TPSA) is 44.4 Å². The van der Waals surface area contributed by atoms with Gasteiger partial charge in [-0.25, -0.2) is 0 Å². The molecule has 2 rings (SSSR count). The molecule has 4 nitrogen and oxygen atoms in total. The lowest BCUT2D eigenvalue weighted by Gasteiger charge is -2.28. The van der Waals surface area contributed by atoms with Crippen molar-refractivity contribution >= 4 is 11.6 Å². The summed E-state index contributed by atoms with van der Waals surface area (Å²) < 4.78 is 0. The van der Waals surface area contributed by atoms with Crippen molar-refractivity contribution in [3.05, 3.63) is 29.8 Å². The van der Waals surface area contributed by atoms with Gasteiger partial charge in [-0.1, -0.05) is 12.1 Å². The van der Waals surface area contributed by atoms with Crippen molar-refractivity contribution in [2.75, 3.05) is 31.6 Å². The number of rotatable bonds is 5. The number of hydrogen-bond donors (Lipinski definition) is 2. The minimum Gasteiger partial charge on any atom is -0.372 e. The van der Waals surface area contributed by atoms with Gasteiger partial charge in [-0.3, -0.25) is 4.79 Å². The van der Waals surface area contributed by atoms with Crippen LogP contribution in [-0.2, 0) is 11.3 Å². The summed E-state index contributed by atoms with van der Waals surface area (Å²) in [5.74, 6) is 0.0185. The molecule has 1 heterocycles. The average Bonchev–Trinajstić information content (AvgIpc) is 2.48. The molecule has 0 unspecified atom stereocenters. The zero-order chi connectivity index (χ0) is 13.5. The second kappa shape index (κ2) is 7.14. The van der Waals surface area contributed by atoms with Crippen LogP contribution < -0.4 is 15.5 Å². The second-order valence-electron chi connectivity index (χ2n) is 4.99. The maximum atomic E-state index is 11.1. The smallest absolute Gasteiger partial charge is 0.233 e. The molecule has 1 amide bonds. The molecule has 0 saturated carbocycles. The molecule has 4 heteroatoms. The highest BCUT2D eigenvalue weighted by Crippen LogP contribution is 2.20. The Balaban J connectivity index is 1.82. The van der Waals surface area contributed by atoms with E-state index in [1.54, 1.807) is 7.05 Å². The Bertz CT molecular complexity index is 396. The molecule has 1 aromatic rings. The summed E-state index contributed by atoms with van der Waals surface area (Å²) in [5.41, 5.74) is 2.53. The number of nitrogens with one attached hydrogen (secondary N) is 2. The number of hydrogen-bond acceptors (Lipinski definition) is 3. The van der Waals surface area contributed by atoms with Crippen LogP contribution in [0.25, 0.3) is 0 Å². The van der Waals surface area contributed by atoms with Crippen LogP contribution in [0.2, 0.25) is 0 Å². The third kappa shape index (κ3) is 4.24. The third-order valence-corrected chi connectivity index (χ3v) is 3.55. The van der Waals surface area contributed by atoms with Crippen LogP contribution in [0, 0.1) is 0 Å². The van der Waals surface area contributed by atoms with Gasteiger partial charge in [0, 0.05) is 32.4 Å². The Morgan fingerprint density at radius 3 is 2.47 bits per heavy atom. The van der Waals surface area contributed by atoms with E-state index in [-0.39, 0.29) is 5.91 Å². The van der Waals surface area contributed by atoms with Crippen molar-refractivity contribution in [1.29, 1.82) is 0 Å². The predicted octanol–water partition coefficient (Wildman–Crippen LogP) is 1.51. The number of amides is 1. The quantitative estimate of drug-likeness (QED) is 0.844. The number of anilines is 1. The van der Waals surface area contributed by atoms with E-state index in [0.717, 1.165) is 6.54 Å². The molecule has 1 saturated heterocycles. The summed E-state index contributed by atoms with van der Waals surface area (Å²) >= 11 is 0. The SMILES string of the molecule is CNC(=O)CNCc1ccc(N2CCCCC2)cc1. The van der Waals surface area contributed by atoms with Gasteiger partial charge >= 0.3 is 0 Å². The molecule has 0 atom stereocenters. The number of nitrogens with zero attached hydrogens (tertiary/aromatic N) is 1. The lowest BCUT2D eigenvalue weighted by molar-refractivity contribution is -0.119. The van der Waals surface area contributed by atoms with E-state index >= 15 is 0 Å². The van der Waals surface area contributed by atoms with Crippen LogP contribution in [0.4, 0.5) is 5.69 Å². The first-order valence-electron chi connectivity index (χ1n) is 7.05. The fourth-order valence-corrected chi connectivity index (χ4v) is 2.39. The Hall–Kier alpha value is -1.55. The Morgan fingerprint density at radius 1 is 1.16 bits per heavy atom. The van der Waals surface area contributed by atoms with Gasteiger partial charge in [-0.05, 0) is 37.0 Å². The minimum atomic E-state index is 0.0185. The summed E-state index contributed by atoms with van der Waals surface area (Å²) in [6.45, 7) is 3.45. The standard InChI is InChI=1S/C15H23N3O/c1-16-15(19)12-17-11-13-5-7-14(8-6-13)18-9-3-2-4-10-18/h5-8,17H,2-4,9-12H2,1H3,(H,16,19). The van der Waals surface area contributed by atoms with E-state index in [1.807, 2.05) is 0 Å². The van der Waals surface area contributed by atoms with Gasteiger partial charge in [-0.15, -0.1) is 0 Å². The van der Waals surface area contributed by atoms with Gasteiger partial charge in [0.15, 0.2) is 0 Å². The van der Waals surface area contributed by atoms with E-state index in [9.17, 15) is 4.79 Å². The molecule has 0 aromatic heterocycles. The van der Waals surface area contributed by atoms with Crippen LogP contribution in [-0.4, -0.2) is 32.6 Å². The first-order chi connectivity index (χ1) is 9.29. The summed E-state index contributed by atoms with van der Waals surface area (Å²) in [4.78, 5) is 13.5. The van der Waals surface area contributed by atoms with Gasteiger partial charge in [-0.2, -0.15) is 0 Å². The highest BCUT2D eigenvalue weighted by Gasteiger charge is 2.10. The normalized spacial score (nSPS) is 15.3. The van der Waals surface area contributed by atoms with Crippen molar-refractivity contribution in [3.63, 3.8) is 0 Å². The van der Waals surface area contributed by atoms with Crippen LogP contribution in [0.15, 0.2) is 24.3 Å². The van der Waals surface area contributed by atoms with E-state index in [0.29, 0.717) is 6.54 Å². The van der Waals surface area contributed by atoms with Crippen LogP contribution >= 0.6 is 0 Å². The molecule has 1 aromatic carbocycles. The van der Waals surface area contributed by atoms with Gasteiger partial charge < -0.3 is 15.5 Å². The first-order valence-corrected chi connectivity index (χ1v) is 7.05. The molecular formula is C15H23N3O. The summed E-state index contributed by atoms with van der Waals surface area (Å²) in [6.07, 6.45) is 3.96. The molecule has 2 N–H and O–H groups in total. The van der Waals surface area contributed by atoms with Gasteiger partial charge in [0.1, 0.15) is 0 Å². The molecule has 0 aliphatic carbocycles. The fraction of sp³-hybridized carbons (Fsp3) is 0.533. The molecule has 1 aliphatic heterocycles. The summed E-state index contributed by atoms with van der Waals surface area (Å²) in [6, 6.07) is 8.64. The lowest BCUT2D eigenvalue weighted by atomic mass is 10.1. The van der Waals surface area contributed by atoms with Crippen molar-refractivity contribution in [2.45, 2.75) is 25.8 Å². The van der Waals surface area contributed by atoms with Crippen molar-refractivity contribution in [2.24, 2.45) is 0 Å². The fourth-order valence-electron chi connectivity index (χ4n) is 2.39. The highest BCUT2D eigenvalue weighted by molar-refractivity contribution is 5.77. The molecule has 1 fully saturated rings. The zero-order valence-corrected chi connectivity index (χ0v) is 11.6. The Labute approximate surface area is 115 Å². The predicted molar refractivity (Wildman–Crippen MR) is 78.3 cm³/mol. The Morgan fingerprint density at radius 2 is 1.84 bits per heavy atom. The molecule has 19 heavy (non-hydrogen) atoms. The number of likely N-dealkylation sites (N-methyl/N-ethyl adjacent to an activating group) is 1. The minimum absolute atomic E-state index is 0.0185. The molecule has 104 valence electrons. The van der Waals surface area contributed by atoms with Crippen molar-refractivity contribution in [1.82, 2.24) is 10.6 Å². The number of piperidine rings is 1.